The highest BCUT2D eigenvalue weighted by atomic mass is 16.5. The molecule has 0 heterocycles. The highest BCUT2D eigenvalue weighted by Gasteiger charge is 1.92. The molecule has 0 aliphatic rings. The first-order chi connectivity index (χ1) is 5.27. The Bertz CT molecular complexity index is 74.0. The predicted molar refractivity (Wildman–Crippen MR) is 48.6 cm³/mol. The molecular weight excluding hydrogens is 138 g/mol. The Kier molecular flexibility index (Phi) is 7.96. The number of unbranched alkanes of at least 4 members (excludes halogenated alkanes) is 3. The van der Waals surface area contributed by atoms with Crippen LogP contribution in [0.25, 0.3) is 0 Å². The monoisotopic (exact) mass is 159 g/mol. The average Bonchev–Trinajstić information content (AvgIpc) is 1.96. The lowest BCUT2D eigenvalue weighted by Gasteiger charge is -2.05. The van der Waals surface area contributed by atoms with Crippen molar-refractivity contribution < 1.29 is 4.74 Å². The second-order valence-electron chi connectivity index (χ2n) is 3.11. The quantitative estimate of drug-likeness (QED) is 0.576. The van der Waals surface area contributed by atoms with Crippen LogP contribution in [0.15, 0.2) is 0 Å². The van der Waals surface area contributed by atoms with Gasteiger partial charge in [0.1, 0.15) is 0 Å². The molecule has 0 rings (SSSR count). The van der Waals surface area contributed by atoms with Gasteiger partial charge in [-0.3, -0.25) is 0 Å². The SMILES string of the molecule is CCCCCCOC[C@H](C)N. The van der Waals surface area contributed by atoms with Crippen LogP contribution in [0.3, 0.4) is 0 Å². The highest BCUT2D eigenvalue weighted by molar-refractivity contribution is 4.48. The van der Waals surface area contributed by atoms with E-state index in [9.17, 15) is 0 Å². The molecule has 2 N–H and O–H groups in total. The lowest BCUT2D eigenvalue weighted by Crippen LogP contribution is -2.22. The van der Waals surface area contributed by atoms with Crippen molar-refractivity contribution in [3.8, 4) is 0 Å². The summed E-state index contributed by atoms with van der Waals surface area (Å²) in [7, 11) is 0. The summed E-state index contributed by atoms with van der Waals surface area (Å²) in [5, 5.41) is 0. The molecule has 0 aliphatic carbocycles. The van der Waals surface area contributed by atoms with Crippen LogP contribution in [0, 0.1) is 0 Å². The van der Waals surface area contributed by atoms with E-state index in [2.05, 4.69) is 6.92 Å². The van der Waals surface area contributed by atoms with Crippen LogP contribution in [0.4, 0.5) is 0 Å². The predicted octanol–water partition coefficient (Wildman–Crippen LogP) is 1.93. The third-order valence-corrected chi connectivity index (χ3v) is 1.52. The molecule has 68 valence electrons. The van der Waals surface area contributed by atoms with E-state index in [4.69, 9.17) is 10.5 Å². The fourth-order valence-electron chi connectivity index (χ4n) is 0.900. The van der Waals surface area contributed by atoms with E-state index in [1.165, 1.54) is 25.7 Å². The summed E-state index contributed by atoms with van der Waals surface area (Å²) in [6.45, 7) is 5.75. The molecule has 0 aromatic heterocycles. The molecule has 0 amide bonds. The Morgan fingerprint density at radius 2 is 2.00 bits per heavy atom. The summed E-state index contributed by atoms with van der Waals surface area (Å²) >= 11 is 0. The van der Waals surface area contributed by atoms with Gasteiger partial charge in [0.2, 0.25) is 0 Å². The second kappa shape index (κ2) is 8.02. The zero-order valence-corrected chi connectivity index (χ0v) is 7.81. The van der Waals surface area contributed by atoms with Crippen molar-refractivity contribution in [3.05, 3.63) is 0 Å². The molecule has 0 aromatic carbocycles. The van der Waals surface area contributed by atoms with E-state index < -0.39 is 0 Å². The maximum Gasteiger partial charge on any atom is 0.0614 e. The number of rotatable bonds is 7. The smallest absolute Gasteiger partial charge is 0.0614 e. The van der Waals surface area contributed by atoms with Gasteiger partial charge in [0.25, 0.3) is 0 Å². The van der Waals surface area contributed by atoms with E-state index >= 15 is 0 Å². The van der Waals surface area contributed by atoms with Crippen molar-refractivity contribution in [3.63, 3.8) is 0 Å². The maximum absolute atomic E-state index is 5.51. The molecule has 0 radical (unpaired) electrons. The van der Waals surface area contributed by atoms with Crippen LogP contribution in [-0.2, 0) is 4.74 Å². The van der Waals surface area contributed by atoms with Crippen molar-refractivity contribution >= 4 is 0 Å². The molecule has 0 bridgehead atoms. The first-order valence-corrected chi connectivity index (χ1v) is 4.60. The van der Waals surface area contributed by atoms with Crippen LogP contribution in [0.1, 0.15) is 39.5 Å². The molecule has 0 spiro atoms. The van der Waals surface area contributed by atoms with Crippen LogP contribution in [-0.4, -0.2) is 19.3 Å². The topological polar surface area (TPSA) is 35.2 Å². The summed E-state index contributed by atoms with van der Waals surface area (Å²) in [5.41, 5.74) is 5.51. The van der Waals surface area contributed by atoms with Crippen molar-refractivity contribution in [1.29, 1.82) is 0 Å². The summed E-state index contributed by atoms with van der Waals surface area (Å²) in [5.74, 6) is 0. The van der Waals surface area contributed by atoms with Gasteiger partial charge in [-0.1, -0.05) is 26.2 Å². The molecule has 2 nitrogen and oxygen atoms in total. The molecule has 0 saturated carbocycles. The third-order valence-electron chi connectivity index (χ3n) is 1.52. The zero-order chi connectivity index (χ0) is 8.53. The van der Waals surface area contributed by atoms with Crippen LogP contribution < -0.4 is 5.73 Å². The minimum Gasteiger partial charge on any atom is -0.380 e. The van der Waals surface area contributed by atoms with Crippen LogP contribution >= 0.6 is 0 Å². The standard InChI is InChI=1S/C9H21NO/c1-3-4-5-6-7-11-8-9(2)10/h9H,3-8,10H2,1-2H3/t9-/m0/s1. The molecule has 0 saturated heterocycles. The number of hydrogen-bond acceptors (Lipinski definition) is 2. The van der Waals surface area contributed by atoms with Gasteiger partial charge in [0.15, 0.2) is 0 Å². The Morgan fingerprint density at radius 1 is 1.27 bits per heavy atom. The Balaban J connectivity index is 2.80. The van der Waals surface area contributed by atoms with E-state index in [1.54, 1.807) is 0 Å². The van der Waals surface area contributed by atoms with Gasteiger partial charge in [0.05, 0.1) is 6.61 Å². The largest absolute Gasteiger partial charge is 0.380 e. The van der Waals surface area contributed by atoms with Crippen molar-refractivity contribution in [2.45, 2.75) is 45.6 Å². The number of ether oxygens (including phenoxy) is 1. The Labute approximate surface area is 70.1 Å². The number of hydrogen-bond donors (Lipinski definition) is 1. The molecule has 0 unspecified atom stereocenters. The van der Waals surface area contributed by atoms with E-state index in [1.807, 2.05) is 6.92 Å². The highest BCUT2D eigenvalue weighted by Crippen LogP contribution is 1.98. The fourth-order valence-corrected chi connectivity index (χ4v) is 0.900. The zero-order valence-electron chi connectivity index (χ0n) is 7.81. The van der Waals surface area contributed by atoms with Crippen LogP contribution in [0.2, 0.25) is 0 Å². The van der Waals surface area contributed by atoms with Gasteiger partial charge in [0, 0.05) is 12.6 Å². The molecule has 2 heteroatoms. The molecule has 0 aromatic rings. The lowest BCUT2D eigenvalue weighted by atomic mass is 10.2. The van der Waals surface area contributed by atoms with Crippen LogP contribution in [0.5, 0.6) is 0 Å². The maximum atomic E-state index is 5.51. The van der Waals surface area contributed by atoms with E-state index in [0.717, 1.165) is 6.61 Å². The first kappa shape index (κ1) is 10.9. The van der Waals surface area contributed by atoms with E-state index in [-0.39, 0.29) is 6.04 Å². The summed E-state index contributed by atoms with van der Waals surface area (Å²) < 4.78 is 5.32. The molecular formula is C9H21NO. The fraction of sp³-hybridized carbons (Fsp3) is 1.00. The molecule has 1 atom stereocenters. The molecule has 11 heavy (non-hydrogen) atoms. The minimum absolute atomic E-state index is 0.182. The van der Waals surface area contributed by atoms with Gasteiger partial charge < -0.3 is 10.5 Å². The van der Waals surface area contributed by atoms with Gasteiger partial charge in [-0.15, -0.1) is 0 Å². The Hall–Kier alpha value is -0.0800. The molecule has 0 fully saturated rings. The van der Waals surface area contributed by atoms with Gasteiger partial charge in [-0.2, -0.15) is 0 Å². The normalized spacial score (nSPS) is 13.4. The van der Waals surface area contributed by atoms with Crippen molar-refractivity contribution in [2.24, 2.45) is 5.73 Å². The van der Waals surface area contributed by atoms with E-state index in [0.29, 0.717) is 6.61 Å². The Morgan fingerprint density at radius 3 is 2.55 bits per heavy atom. The average molecular weight is 159 g/mol. The summed E-state index contributed by atoms with van der Waals surface area (Å²) in [6.07, 6.45) is 5.07. The van der Waals surface area contributed by atoms with Crippen molar-refractivity contribution in [1.82, 2.24) is 0 Å². The van der Waals surface area contributed by atoms with Gasteiger partial charge >= 0.3 is 0 Å². The molecule has 0 aliphatic heterocycles. The lowest BCUT2D eigenvalue weighted by molar-refractivity contribution is 0.120. The third kappa shape index (κ3) is 9.92. The summed E-state index contributed by atoms with van der Waals surface area (Å²) in [6, 6.07) is 0.182. The first-order valence-electron chi connectivity index (χ1n) is 4.60. The van der Waals surface area contributed by atoms with Gasteiger partial charge in [-0.25, -0.2) is 0 Å². The van der Waals surface area contributed by atoms with Gasteiger partial charge in [-0.05, 0) is 13.3 Å². The second-order valence-corrected chi connectivity index (χ2v) is 3.11. The van der Waals surface area contributed by atoms with Crippen molar-refractivity contribution in [2.75, 3.05) is 13.2 Å². The summed E-state index contributed by atoms with van der Waals surface area (Å²) in [4.78, 5) is 0. The number of nitrogens with two attached hydrogens (primary N) is 1. The minimum atomic E-state index is 0.182.